The second-order valence-corrected chi connectivity index (χ2v) is 7.42. The van der Waals surface area contributed by atoms with E-state index in [0.717, 1.165) is 10.4 Å². The van der Waals surface area contributed by atoms with E-state index in [1.54, 1.807) is 0 Å². The van der Waals surface area contributed by atoms with Crippen LogP contribution >= 0.6 is 0 Å². The molecule has 2 aliphatic heterocycles. The van der Waals surface area contributed by atoms with E-state index in [-0.39, 0.29) is 24.6 Å². The molecule has 2 fully saturated rings. The van der Waals surface area contributed by atoms with E-state index >= 15 is 0 Å². The number of nitrogens with zero attached hydrogens (tertiary/aromatic N) is 1. The molecular formula is C12H12F4N2O2S. The standard InChI is InChI=1S/C12H12F4N2O2S/c13-8-1-2-10(9(3-8)12(14,15)16)21(19,20)18-6-11(7-18)4-17-5-11/h1-3,17H,4-7H2. The number of benzene rings is 1. The Labute approximate surface area is 118 Å². The first-order chi connectivity index (χ1) is 9.64. The molecule has 0 radical (unpaired) electrons. The van der Waals surface area contributed by atoms with E-state index in [9.17, 15) is 26.0 Å². The zero-order valence-electron chi connectivity index (χ0n) is 10.7. The number of halogens is 4. The van der Waals surface area contributed by atoms with Gasteiger partial charge in [-0.1, -0.05) is 0 Å². The Bertz CT molecular complexity index is 675. The van der Waals surface area contributed by atoms with Crippen molar-refractivity contribution in [2.75, 3.05) is 26.2 Å². The van der Waals surface area contributed by atoms with Crippen LogP contribution in [0.25, 0.3) is 0 Å². The average molecular weight is 324 g/mol. The van der Waals surface area contributed by atoms with Crippen molar-refractivity contribution in [2.24, 2.45) is 5.41 Å². The predicted molar refractivity (Wildman–Crippen MR) is 65.5 cm³/mol. The molecule has 1 N–H and O–H groups in total. The van der Waals surface area contributed by atoms with Crippen molar-refractivity contribution in [1.82, 2.24) is 9.62 Å². The van der Waals surface area contributed by atoms with Crippen LogP contribution in [-0.4, -0.2) is 38.9 Å². The minimum atomic E-state index is -4.93. The van der Waals surface area contributed by atoms with Crippen molar-refractivity contribution in [1.29, 1.82) is 0 Å². The zero-order valence-corrected chi connectivity index (χ0v) is 11.6. The number of rotatable bonds is 2. The van der Waals surface area contributed by atoms with Gasteiger partial charge < -0.3 is 5.32 Å². The minimum Gasteiger partial charge on any atom is -0.315 e. The number of alkyl halides is 3. The second-order valence-electron chi connectivity index (χ2n) is 5.51. The smallest absolute Gasteiger partial charge is 0.315 e. The van der Waals surface area contributed by atoms with Crippen molar-refractivity contribution < 1.29 is 26.0 Å². The second kappa shape index (κ2) is 4.40. The Balaban J connectivity index is 1.96. The van der Waals surface area contributed by atoms with Gasteiger partial charge in [-0.3, -0.25) is 0 Å². The van der Waals surface area contributed by atoms with E-state index in [1.807, 2.05) is 0 Å². The highest BCUT2D eigenvalue weighted by atomic mass is 32.2. The van der Waals surface area contributed by atoms with E-state index < -0.39 is 32.5 Å². The molecule has 0 aliphatic carbocycles. The van der Waals surface area contributed by atoms with Crippen LogP contribution < -0.4 is 5.32 Å². The highest BCUT2D eigenvalue weighted by molar-refractivity contribution is 7.89. The largest absolute Gasteiger partial charge is 0.417 e. The van der Waals surface area contributed by atoms with Gasteiger partial charge in [-0.25, -0.2) is 12.8 Å². The summed E-state index contributed by atoms with van der Waals surface area (Å²) in [5.74, 6) is -1.12. The quantitative estimate of drug-likeness (QED) is 0.838. The molecular weight excluding hydrogens is 312 g/mol. The van der Waals surface area contributed by atoms with Crippen molar-refractivity contribution in [2.45, 2.75) is 11.1 Å². The van der Waals surface area contributed by atoms with Gasteiger partial charge in [0, 0.05) is 31.6 Å². The van der Waals surface area contributed by atoms with E-state index in [4.69, 9.17) is 0 Å². The maximum atomic E-state index is 13.0. The Kier molecular flexibility index (Phi) is 3.09. The summed E-state index contributed by atoms with van der Waals surface area (Å²) in [6, 6.07) is 1.62. The lowest BCUT2D eigenvalue weighted by atomic mass is 9.76. The summed E-state index contributed by atoms with van der Waals surface area (Å²) in [5.41, 5.74) is -1.61. The summed E-state index contributed by atoms with van der Waals surface area (Å²) < 4.78 is 77.4. The molecule has 1 aromatic carbocycles. The monoisotopic (exact) mass is 324 g/mol. The van der Waals surface area contributed by atoms with Crippen molar-refractivity contribution in [3.05, 3.63) is 29.6 Å². The van der Waals surface area contributed by atoms with Gasteiger partial charge in [-0.2, -0.15) is 17.5 Å². The molecule has 9 heteroatoms. The van der Waals surface area contributed by atoms with Gasteiger partial charge in [0.2, 0.25) is 10.0 Å². The zero-order chi connectivity index (χ0) is 15.5. The van der Waals surface area contributed by atoms with Crippen LogP contribution in [-0.2, 0) is 16.2 Å². The van der Waals surface area contributed by atoms with Crippen LogP contribution in [0.1, 0.15) is 5.56 Å². The molecule has 0 unspecified atom stereocenters. The van der Waals surface area contributed by atoms with Gasteiger partial charge in [-0.05, 0) is 18.2 Å². The van der Waals surface area contributed by atoms with Crippen molar-refractivity contribution in [3.63, 3.8) is 0 Å². The number of nitrogens with one attached hydrogen (secondary N) is 1. The average Bonchev–Trinajstić information content (AvgIpc) is 2.22. The fraction of sp³-hybridized carbons (Fsp3) is 0.500. The van der Waals surface area contributed by atoms with Crippen molar-refractivity contribution in [3.8, 4) is 0 Å². The van der Waals surface area contributed by atoms with Crippen LogP contribution in [0.15, 0.2) is 23.1 Å². The Morgan fingerprint density at radius 3 is 2.29 bits per heavy atom. The normalized spacial score (nSPS) is 21.9. The van der Waals surface area contributed by atoms with Gasteiger partial charge >= 0.3 is 6.18 Å². The maximum Gasteiger partial charge on any atom is 0.417 e. The van der Waals surface area contributed by atoms with Crippen molar-refractivity contribution >= 4 is 10.0 Å². The first kappa shape index (κ1) is 14.7. The van der Waals surface area contributed by atoms with Gasteiger partial charge in [0.05, 0.1) is 10.5 Å². The summed E-state index contributed by atoms with van der Waals surface area (Å²) in [5, 5.41) is 3.01. The first-order valence-corrected chi connectivity index (χ1v) is 7.66. The van der Waals surface area contributed by atoms with Crippen LogP contribution in [0.4, 0.5) is 17.6 Å². The Morgan fingerprint density at radius 1 is 1.19 bits per heavy atom. The minimum absolute atomic E-state index is 0.147. The summed E-state index contributed by atoms with van der Waals surface area (Å²) in [6.45, 7) is 1.71. The molecule has 0 saturated carbocycles. The fourth-order valence-corrected chi connectivity index (χ4v) is 4.52. The maximum absolute atomic E-state index is 13.0. The lowest BCUT2D eigenvalue weighted by Crippen LogP contribution is -2.71. The molecule has 4 nitrogen and oxygen atoms in total. The highest BCUT2D eigenvalue weighted by Gasteiger charge is 2.53. The van der Waals surface area contributed by atoms with Gasteiger partial charge in [0.15, 0.2) is 0 Å². The third-order valence-electron chi connectivity index (χ3n) is 3.89. The molecule has 1 aromatic rings. The van der Waals surface area contributed by atoms with E-state index in [2.05, 4.69) is 5.32 Å². The highest BCUT2D eigenvalue weighted by Crippen LogP contribution is 2.41. The number of hydrogen-bond acceptors (Lipinski definition) is 3. The molecule has 3 rings (SSSR count). The van der Waals surface area contributed by atoms with Crippen LogP contribution in [0.5, 0.6) is 0 Å². The van der Waals surface area contributed by atoms with Crippen LogP contribution in [0.2, 0.25) is 0 Å². The number of hydrogen-bond donors (Lipinski definition) is 1. The van der Waals surface area contributed by atoms with E-state index in [0.29, 0.717) is 19.2 Å². The van der Waals surface area contributed by atoms with Crippen LogP contribution in [0.3, 0.4) is 0 Å². The fourth-order valence-electron chi connectivity index (χ4n) is 2.66. The predicted octanol–water partition coefficient (Wildman–Crippen LogP) is 1.44. The Morgan fingerprint density at radius 2 is 1.81 bits per heavy atom. The summed E-state index contributed by atoms with van der Waals surface area (Å²) in [7, 11) is -4.26. The third kappa shape index (κ3) is 2.33. The molecule has 0 amide bonds. The van der Waals surface area contributed by atoms with Gasteiger partial charge in [0.1, 0.15) is 5.82 Å². The molecule has 2 heterocycles. The SMILES string of the molecule is O=S(=O)(c1ccc(F)cc1C(F)(F)F)N1CC2(CNC2)C1. The molecule has 2 aliphatic rings. The molecule has 0 bridgehead atoms. The molecule has 0 aromatic heterocycles. The topological polar surface area (TPSA) is 49.4 Å². The summed E-state index contributed by atoms with van der Waals surface area (Å²) in [4.78, 5) is -0.890. The summed E-state index contributed by atoms with van der Waals surface area (Å²) >= 11 is 0. The molecule has 21 heavy (non-hydrogen) atoms. The van der Waals surface area contributed by atoms with Crippen LogP contribution in [0, 0.1) is 11.2 Å². The lowest BCUT2D eigenvalue weighted by Gasteiger charge is -2.55. The molecule has 2 saturated heterocycles. The summed E-state index contributed by atoms with van der Waals surface area (Å²) in [6.07, 6.45) is -4.93. The molecule has 1 spiro atoms. The van der Waals surface area contributed by atoms with Gasteiger partial charge in [0.25, 0.3) is 0 Å². The third-order valence-corrected chi connectivity index (χ3v) is 5.74. The molecule has 0 atom stereocenters. The first-order valence-electron chi connectivity index (χ1n) is 6.22. The number of sulfonamides is 1. The lowest BCUT2D eigenvalue weighted by molar-refractivity contribution is -0.140. The van der Waals surface area contributed by atoms with Gasteiger partial charge in [-0.15, -0.1) is 0 Å². The molecule has 116 valence electrons. The van der Waals surface area contributed by atoms with E-state index in [1.165, 1.54) is 0 Å². The Hall–Kier alpha value is -1.19.